The molecule has 5 heterocycles. The van der Waals surface area contributed by atoms with Crippen LogP contribution in [0, 0.1) is 20.8 Å². The molecule has 7 aromatic carbocycles. The molecule has 14 nitrogen and oxygen atoms in total. The minimum absolute atomic E-state index is 0.0165. The fourth-order valence-electron chi connectivity index (χ4n) is 9.45. The van der Waals surface area contributed by atoms with Gasteiger partial charge >= 0.3 is 0 Å². The Bertz CT molecular complexity index is 4660. The van der Waals surface area contributed by atoms with E-state index in [4.69, 9.17) is 209 Å². The number of halogens is 13. The molecule has 0 amide bonds. The number of aryl methyl sites for hydroxylation is 3. The lowest BCUT2D eigenvalue weighted by atomic mass is 10.1. The van der Waals surface area contributed by atoms with Gasteiger partial charge in [-0.2, -0.15) is 0 Å². The lowest BCUT2D eigenvalue weighted by Crippen LogP contribution is -1.95. The largest absolute Gasteiger partial charge is 0.497 e. The van der Waals surface area contributed by atoms with Crippen LogP contribution in [0.15, 0.2) is 54.6 Å². The van der Waals surface area contributed by atoms with Crippen LogP contribution in [0.25, 0.3) is 89.7 Å². The summed E-state index contributed by atoms with van der Waals surface area (Å²) in [6, 6.07) is 15.5. The summed E-state index contributed by atoms with van der Waals surface area (Å²) in [5, 5.41) is -0.700. The van der Waals surface area contributed by atoms with Gasteiger partial charge in [-0.05, 0) is 92.1 Å². The Kier molecular flexibility index (Phi) is 15.4. The van der Waals surface area contributed by atoms with E-state index in [1.807, 2.05) is 20.8 Å². The van der Waals surface area contributed by atoms with Gasteiger partial charge in [0.05, 0.1) is 115 Å². The summed E-state index contributed by atoms with van der Waals surface area (Å²) in [5.74, 6) is 2.26. The monoisotopic (exact) mass is 1360 g/mol. The van der Waals surface area contributed by atoms with Gasteiger partial charge in [0.15, 0.2) is 40.5 Å². The average molecular weight is 1370 g/mol. The molecule has 0 aliphatic carbocycles. The van der Waals surface area contributed by atoms with E-state index in [-0.39, 0.29) is 172 Å². The first-order valence-electron chi connectivity index (χ1n) is 23.9. The number of rotatable bonds is 9. The first-order chi connectivity index (χ1) is 39.6. The van der Waals surface area contributed by atoms with Crippen LogP contribution in [0.3, 0.4) is 0 Å². The molecule has 8 bridgehead atoms. The molecule has 0 radical (unpaired) electrons. The number of benzene rings is 7. The Morgan fingerprint density at radius 2 is 0.566 bits per heavy atom. The van der Waals surface area contributed by atoms with Crippen molar-refractivity contribution in [2.75, 3.05) is 21.3 Å². The Morgan fingerprint density at radius 3 is 0.867 bits per heavy atom. The molecule has 2 aliphatic heterocycles. The highest BCUT2D eigenvalue weighted by atomic mass is 35.5. The third-order valence-corrected chi connectivity index (χ3v) is 18.9. The molecule has 27 heteroatoms. The van der Waals surface area contributed by atoms with Crippen LogP contribution >= 0.6 is 151 Å². The fraction of sp³-hybridized carbons (Fsp3) is 0.107. The molecule has 420 valence electrons. The topological polar surface area (TPSA) is 164 Å². The standard InChI is InChI=1S/C56H29Cl13N8O6/c1-16-13-19(78-4)7-10-22(16)81-46-38(62)30-27(35(59)43(46)67)51-71-49-25-26(34(58)42(66)41(65)33(25)57)50(70-49)72-54-31-28(36(60)44(68)47(39(31)63)82-23-11-8-20(79-5)14-17(23)2)52(74-54)76-56-32-29(53(77-56)75-55(30)73-51)37(61)45(69)48(40(32)64)83-24-12-9-21(80-6)15-18(24)3/h7-15H,1-6H3,(H2,70,71,72,73,74,75,76,77). The van der Waals surface area contributed by atoms with Crippen molar-refractivity contribution in [3.8, 4) is 97.3 Å². The zero-order valence-corrected chi connectivity index (χ0v) is 52.6. The van der Waals surface area contributed by atoms with Crippen molar-refractivity contribution in [1.82, 2.24) is 39.9 Å². The molecular formula is C56H29Cl13N8O6. The van der Waals surface area contributed by atoms with Gasteiger partial charge in [-0.1, -0.05) is 151 Å². The number of hydrogen-bond donors (Lipinski definition) is 2. The molecule has 0 fully saturated rings. The molecule has 0 unspecified atom stereocenters. The van der Waals surface area contributed by atoms with Crippen LogP contribution in [0.2, 0.25) is 65.3 Å². The maximum Gasteiger partial charge on any atom is 0.166 e. The molecule has 83 heavy (non-hydrogen) atoms. The average Bonchev–Trinajstić information content (AvgIpc) is 3.41. The van der Waals surface area contributed by atoms with Crippen molar-refractivity contribution >= 4 is 195 Å². The zero-order chi connectivity index (χ0) is 58.9. The summed E-state index contributed by atoms with van der Waals surface area (Å²) in [6.07, 6.45) is 0. The number of aromatic amines is 2. The summed E-state index contributed by atoms with van der Waals surface area (Å²) in [5.41, 5.74) is 2.36. The van der Waals surface area contributed by atoms with E-state index in [0.717, 1.165) is 0 Å². The van der Waals surface area contributed by atoms with Gasteiger partial charge in [-0.15, -0.1) is 0 Å². The van der Waals surface area contributed by atoms with Crippen molar-refractivity contribution in [1.29, 1.82) is 0 Å². The van der Waals surface area contributed by atoms with E-state index >= 15 is 0 Å². The lowest BCUT2D eigenvalue weighted by molar-refractivity contribution is 0.412. The van der Waals surface area contributed by atoms with Crippen molar-refractivity contribution in [2.24, 2.45) is 0 Å². The van der Waals surface area contributed by atoms with Crippen molar-refractivity contribution < 1.29 is 28.4 Å². The molecule has 3 aromatic heterocycles. The Labute approximate surface area is 534 Å². The lowest BCUT2D eigenvalue weighted by Gasteiger charge is -2.16. The summed E-state index contributed by atoms with van der Waals surface area (Å²) in [7, 11) is 4.64. The van der Waals surface area contributed by atoms with Gasteiger partial charge in [0.25, 0.3) is 0 Å². The van der Waals surface area contributed by atoms with Gasteiger partial charge in [0, 0.05) is 0 Å². The number of ether oxygens (including phenoxy) is 6. The maximum absolute atomic E-state index is 7.50. The number of methoxy groups -OCH3 is 3. The van der Waals surface area contributed by atoms with Crippen LogP contribution in [-0.2, 0) is 0 Å². The number of nitrogens with zero attached hydrogens (tertiary/aromatic N) is 6. The second kappa shape index (κ2) is 22.1. The van der Waals surface area contributed by atoms with Crippen molar-refractivity contribution in [3.05, 3.63) is 137 Å². The normalized spacial score (nSPS) is 11.8. The van der Waals surface area contributed by atoms with E-state index in [0.29, 0.717) is 51.2 Å². The summed E-state index contributed by atoms with van der Waals surface area (Å²) < 4.78 is 35.7. The molecular weight excluding hydrogens is 1340 g/mol. The third kappa shape index (κ3) is 9.48. The highest BCUT2D eigenvalue weighted by Crippen LogP contribution is 2.57. The highest BCUT2D eigenvalue weighted by Gasteiger charge is 2.35. The Balaban J connectivity index is 1.25. The van der Waals surface area contributed by atoms with Crippen LogP contribution < -0.4 is 28.4 Å². The summed E-state index contributed by atoms with van der Waals surface area (Å²) >= 11 is 93.8. The number of nitrogens with one attached hydrogen (secondary N) is 2. The predicted molar refractivity (Wildman–Crippen MR) is 335 cm³/mol. The van der Waals surface area contributed by atoms with E-state index in [1.165, 1.54) is 0 Å². The molecule has 2 aliphatic rings. The smallest absolute Gasteiger partial charge is 0.166 e. The van der Waals surface area contributed by atoms with E-state index in [1.54, 1.807) is 75.9 Å². The Hall–Kier alpha value is -5.53. The SMILES string of the molecule is COc1ccc(Oc2c(Cl)c(Cl)c3c(c2Cl)-c2nc-3nc3[nH]c(nc4nc(nc5[nH]c(n2)c2c(Cl)c(Cl)c(Oc6ccc(OC)cc6C)c(Cl)c52)-c2c(Cl)c(Cl)c(Cl)c(Cl)c2-4)c2c(Cl)c(Cl)c(Oc4ccc(OC)cc4C)c(Cl)c32)c(C)c1. The molecule has 2 N–H and O–H groups in total. The minimum atomic E-state index is -0.115. The predicted octanol–water partition coefficient (Wildman–Crippen LogP) is 21.7. The van der Waals surface area contributed by atoms with E-state index < -0.39 is 0 Å². The molecule has 10 aromatic rings. The maximum atomic E-state index is 7.50. The van der Waals surface area contributed by atoms with Gasteiger partial charge in [0.2, 0.25) is 0 Å². The molecule has 0 atom stereocenters. The number of H-pyrrole nitrogens is 2. The van der Waals surface area contributed by atoms with E-state index in [9.17, 15) is 0 Å². The van der Waals surface area contributed by atoms with Crippen LogP contribution in [0.5, 0.6) is 51.7 Å². The Morgan fingerprint density at radius 1 is 0.301 bits per heavy atom. The first-order valence-corrected chi connectivity index (χ1v) is 28.8. The third-order valence-electron chi connectivity index (χ3n) is 13.5. The van der Waals surface area contributed by atoms with Crippen LogP contribution in [0.1, 0.15) is 16.7 Å². The van der Waals surface area contributed by atoms with Gasteiger partial charge in [0.1, 0.15) is 72.2 Å². The van der Waals surface area contributed by atoms with Gasteiger partial charge in [-0.3, -0.25) is 0 Å². The molecule has 0 saturated carbocycles. The molecule has 0 spiro atoms. The van der Waals surface area contributed by atoms with Gasteiger partial charge < -0.3 is 38.4 Å². The second-order valence-corrected chi connectivity index (χ2v) is 23.3. The summed E-state index contributed by atoms with van der Waals surface area (Å²) in [4.78, 5) is 36.7. The second-order valence-electron chi connectivity index (χ2n) is 18.4. The fourth-order valence-corrected chi connectivity index (χ4v) is 13.0. The first kappa shape index (κ1) is 57.9. The number of hydrogen-bond acceptors (Lipinski definition) is 12. The summed E-state index contributed by atoms with van der Waals surface area (Å²) in [6.45, 7) is 5.44. The highest BCUT2D eigenvalue weighted by molar-refractivity contribution is 6.55. The number of aromatic nitrogens is 8. The zero-order valence-electron chi connectivity index (χ0n) is 42.7. The van der Waals surface area contributed by atoms with Crippen LogP contribution in [0.4, 0.5) is 0 Å². The van der Waals surface area contributed by atoms with Crippen molar-refractivity contribution in [3.63, 3.8) is 0 Å². The quantitative estimate of drug-likeness (QED) is 0.104. The minimum Gasteiger partial charge on any atom is -0.497 e. The number of fused-ring (bicyclic) bond motifs is 20. The molecule has 0 saturated heterocycles. The van der Waals surface area contributed by atoms with Crippen molar-refractivity contribution in [2.45, 2.75) is 20.8 Å². The van der Waals surface area contributed by atoms with Crippen LogP contribution in [-0.4, -0.2) is 61.2 Å². The van der Waals surface area contributed by atoms with Gasteiger partial charge in [-0.25, -0.2) is 29.9 Å². The molecule has 12 rings (SSSR count). The van der Waals surface area contributed by atoms with E-state index in [2.05, 4.69) is 9.97 Å².